The van der Waals surface area contributed by atoms with Crippen molar-refractivity contribution in [1.82, 2.24) is 0 Å². The zero-order chi connectivity index (χ0) is 34.7. The van der Waals surface area contributed by atoms with Crippen LogP contribution in [0.4, 0.5) is 0 Å². The SMILES string of the molecule is CCCCCCCCCCCCOc1ccc(C(=O)CC(=O)C(=O)CC(=O)c2ccc(OCCCCCCCCCCCC)cc2)cc1. The third-order valence-corrected chi connectivity index (χ3v) is 8.84. The van der Waals surface area contributed by atoms with Crippen molar-refractivity contribution in [2.24, 2.45) is 0 Å². The van der Waals surface area contributed by atoms with Crippen LogP contribution in [-0.4, -0.2) is 36.3 Å². The molecule has 48 heavy (non-hydrogen) atoms. The third kappa shape index (κ3) is 18.9. The van der Waals surface area contributed by atoms with Gasteiger partial charge in [0.1, 0.15) is 11.5 Å². The average Bonchev–Trinajstić information content (AvgIpc) is 3.10. The van der Waals surface area contributed by atoms with Gasteiger partial charge in [0.15, 0.2) is 11.6 Å². The van der Waals surface area contributed by atoms with Crippen LogP contribution in [0, 0.1) is 0 Å². The number of carbonyl (C=O) groups is 4. The molecule has 6 heteroatoms. The van der Waals surface area contributed by atoms with E-state index in [4.69, 9.17) is 9.47 Å². The van der Waals surface area contributed by atoms with Gasteiger partial charge >= 0.3 is 0 Å². The summed E-state index contributed by atoms with van der Waals surface area (Å²) < 4.78 is 11.6. The molecule has 0 aliphatic carbocycles. The van der Waals surface area contributed by atoms with Gasteiger partial charge in [0, 0.05) is 11.1 Å². The van der Waals surface area contributed by atoms with Gasteiger partial charge in [-0.05, 0) is 61.4 Å². The number of hydrogen-bond donors (Lipinski definition) is 0. The Bertz CT molecular complexity index is 1070. The van der Waals surface area contributed by atoms with Gasteiger partial charge in [-0.3, -0.25) is 19.2 Å². The minimum absolute atomic E-state index is 0.335. The molecule has 0 unspecified atom stereocenters. The Morgan fingerprint density at radius 2 is 0.667 bits per heavy atom. The van der Waals surface area contributed by atoms with Gasteiger partial charge in [-0.1, -0.05) is 129 Å². The zero-order valence-electron chi connectivity index (χ0n) is 30.0. The first-order valence-electron chi connectivity index (χ1n) is 19.0. The van der Waals surface area contributed by atoms with Crippen molar-refractivity contribution in [3.63, 3.8) is 0 Å². The Hall–Kier alpha value is -3.28. The molecule has 0 fully saturated rings. The van der Waals surface area contributed by atoms with Gasteiger partial charge in [-0.2, -0.15) is 0 Å². The molecule has 0 saturated heterocycles. The molecule has 6 nitrogen and oxygen atoms in total. The van der Waals surface area contributed by atoms with Crippen LogP contribution in [-0.2, 0) is 9.59 Å². The fraction of sp³-hybridized carbons (Fsp3) is 0.619. The highest BCUT2D eigenvalue weighted by Gasteiger charge is 2.22. The van der Waals surface area contributed by atoms with Crippen LogP contribution >= 0.6 is 0 Å². The summed E-state index contributed by atoms with van der Waals surface area (Å²) in [5.74, 6) is -1.27. The van der Waals surface area contributed by atoms with Crippen LogP contribution in [0.1, 0.15) is 176 Å². The Labute approximate surface area is 290 Å². The molecule has 0 atom stereocenters. The van der Waals surface area contributed by atoms with Crippen molar-refractivity contribution in [1.29, 1.82) is 0 Å². The van der Waals surface area contributed by atoms with E-state index < -0.39 is 36.0 Å². The first-order valence-corrected chi connectivity index (χ1v) is 19.0. The van der Waals surface area contributed by atoms with Gasteiger partial charge in [-0.15, -0.1) is 0 Å². The van der Waals surface area contributed by atoms with Crippen LogP contribution in [0.3, 0.4) is 0 Å². The summed E-state index contributed by atoms with van der Waals surface area (Å²) in [7, 11) is 0. The maximum absolute atomic E-state index is 12.6. The highest BCUT2D eigenvalue weighted by molar-refractivity contribution is 6.44. The van der Waals surface area contributed by atoms with E-state index in [0.717, 1.165) is 25.7 Å². The maximum atomic E-state index is 12.6. The van der Waals surface area contributed by atoms with Crippen LogP contribution < -0.4 is 9.47 Å². The van der Waals surface area contributed by atoms with E-state index in [2.05, 4.69) is 13.8 Å². The molecule has 2 aromatic carbocycles. The number of rotatable bonds is 31. The van der Waals surface area contributed by atoms with E-state index in [9.17, 15) is 19.2 Å². The summed E-state index contributed by atoms with van der Waals surface area (Å²) >= 11 is 0. The maximum Gasteiger partial charge on any atom is 0.206 e. The molecule has 2 aromatic rings. The van der Waals surface area contributed by atoms with Crippen LogP contribution in [0.25, 0.3) is 0 Å². The highest BCUT2D eigenvalue weighted by atomic mass is 16.5. The summed E-state index contributed by atoms with van der Waals surface area (Å²) in [6.45, 7) is 5.73. The lowest BCUT2D eigenvalue weighted by molar-refractivity contribution is -0.135. The molecule has 0 aromatic heterocycles. The predicted octanol–water partition coefficient (Wildman–Crippen LogP) is 11.3. The topological polar surface area (TPSA) is 86.7 Å². The second-order valence-electron chi connectivity index (χ2n) is 13.2. The lowest BCUT2D eigenvalue weighted by atomic mass is 9.99. The smallest absolute Gasteiger partial charge is 0.206 e. The van der Waals surface area contributed by atoms with Gasteiger partial charge in [-0.25, -0.2) is 0 Å². The van der Waals surface area contributed by atoms with Crippen molar-refractivity contribution >= 4 is 23.1 Å². The summed E-state index contributed by atoms with van der Waals surface area (Å²) in [4.78, 5) is 50.2. The fourth-order valence-corrected chi connectivity index (χ4v) is 5.73. The van der Waals surface area contributed by atoms with E-state index in [1.807, 2.05) is 0 Å². The summed E-state index contributed by atoms with van der Waals surface area (Å²) in [5.41, 5.74) is 0.671. The molecule has 0 aliphatic heterocycles. The number of ether oxygens (including phenoxy) is 2. The highest BCUT2D eigenvalue weighted by Crippen LogP contribution is 2.18. The normalized spacial score (nSPS) is 11.0. The van der Waals surface area contributed by atoms with Crippen molar-refractivity contribution in [2.75, 3.05) is 13.2 Å². The zero-order valence-corrected chi connectivity index (χ0v) is 30.0. The monoisotopic (exact) mass is 662 g/mol. The first-order chi connectivity index (χ1) is 23.4. The molecule has 2 rings (SSSR count). The van der Waals surface area contributed by atoms with Crippen LogP contribution in [0.2, 0.25) is 0 Å². The molecular formula is C42H62O6. The van der Waals surface area contributed by atoms with Gasteiger partial charge in [0.2, 0.25) is 11.6 Å². The Morgan fingerprint density at radius 1 is 0.396 bits per heavy atom. The number of ketones is 4. The molecule has 0 N–H and O–H groups in total. The second-order valence-corrected chi connectivity index (χ2v) is 13.2. The Kier molecular flexibility index (Phi) is 22.7. The minimum Gasteiger partial charge on any atom is -0.494 e. The van der Waals surface area contributed by atoms with Crippen molar-refractivity contribution in [3.8, 4) is 11.5 Å². The largest absolute Gasteiger partial charge is 0.494 e. The molecule has 0 spiro atoms. The number of benzene rings is 2. The van der Waals surface area contributed by atoms with E-state index >= 15 is 0 Å². The molecule has 0 bridgehead atoms. The third-order valence-electron chi connectivity index (χ3n) is 8.84. The lowest BCUT2D eigenvalue weighted by Gasteiger charge is -2.08. The number of unbranched alkanes of at least 4 members (excludes halogenated alkanes) is 18. The Morgan fingerprint density at radius 3 is 0.958 bits per heavy atom. The number of carbonyl (C=O) groups excluding carboxylic acids is 4. The van der Waals surface area contributed by atoms with Gasteiger partial charge in [0.05, 0.1) is 26.1 Å². The summed E-state index contributed by atoms with van der Waals surface area (Å²) in [5, 5.41) is 0. The van der Waals surface area contributed by atoms with Crippen LogP contribution in [0.15, 0.2) is 48.5 Å². The predicted molar refractivity (Wildman–Crippen MR) is 195 cm³/mol. The summed E-state index contributed by atoms with van der Waals surface area (Å²) in [6.07, 6.45) is 24.1. The molecule has 0 saturated carbocycles. The fourth-order valence-electron chi connectivity index (χ4n) is 5.73. The van der Waals surface area contributed by atoms with E-state index in [-0.39, 0.29) is 0 Å². The van der Waals surface area contributed by atoms with Crippen LogP contribution in [0.5, 0.6) is 11.5 Å². The summed E-state index contributed by atoms with van der Waals surface area (Å²) in [6, 6.07) is 13.3. The van der Waals surface area contributed by atoms with E-state index in [1.165, 1.54) is 103 Å². The number of hydrogen-bond acceptors (Lipinski definition) is 6. The molecule has 0 amide bonds. The molecule has 0 aliphatic rings. The number of Topliss-reactive ketones (excluding diaryl/α,β-unsaturated/α-hetero) is 4. The first kappa shape index (κ1) is 40.9. The van der Waals surface area contributed by atoms with Gasteiger partial charge < -0.3 is 9.47 Å². The van der Waals surface area contributed by atoms with E-state index in [1.54, 1.807) is 48.5 Å². The van der Waals surface area contributed by atoms with Crippen molar-refractivity contribution < 1.29 is 28.7 Å². The molecule has 0 radical (unpaired) electrons. The standard InChI is InChI=1S/C42H62O6/c1-3-5-7-9-11-13-15-17-19-21-31-47-37-27-23-35(24-28-37)39(43)33-41(45)42(46)34-40(44)36-25-29-38(30-26-36)48-32-22-20-18-16-14-12-10-8-6-4-2/h23-30H,3-22,31-34H2,1-2H3. The minimum atomic E-state index is -0.855. The van der Waals surface area contributed by atoms with Crippen molar-refractivity contribution in [2.45, 2.75) is 155 Å². The average molecular weight is 663 g/mol. The van der Waals surface area contributed by atoms with Gasteiger partial charge in [0.25, 0.3) is 0 Å². The van der Waals surface area contributed by atoms with Crippen molar-refractivity contribution in [3.05, 3.63) is 59.7 Å². The second kappa shape index (κ2) is 26.6. The molecular weight excluding hydrogens is 600 g/mol. The molecule has 0 heterocycles. The Balaban J connectivity index is 1.59. The quantitative estimate of drug-likeness (QED) is 0.0345. The molecule has 266 valence electrons. The lowest BCUT2D eigenvalue weighted by Crippen LogP contribution is -2.21. The van der Waals surface area contributed by atoms with E-state index in [0.29, 0.717) is 35.8 Å².